The Bertz CT molecular complexity index is 1110. The fraction of sp³-hybridized carbons (Fsp3) is 0.500. The Balaban J connectivity index is 1.66. The minimum atomic E-state index is -0.153. The minimum absolute atomic E-state index is 0.153. The van der Waals surface area contributed by atoms with Gasteiger partial charge in [-0.3, -0.25) is 9.78 Å². The first-order chi connectivity index (χ1) is 16.2. The Kier molecular flexibility index (Phi) is 7.85. The summed E-state index contributed by atoms with van der Waals surface area (Å²) in [6, 6.07) is 5.56. The third kappa shape index (κ3) is 5.66. The summed E-state index contributed by atoms with van der Waals surface area (Å²) in [5.41, 5.74) is 2.77. The van der Waals surface area contributed by atoms with Gasteiger partial charge in [0.2, 0.25) is 5.88 Å². The lowest BCUT2D eigenvalue weighted by Gasteiger charge is -2.22. The van der Waals surface area contributed by atoms with Crippen molar-refractivity contribution in [3.8, 4) is 17.1 Å². The molecule has 0 radical (unpaired) electrons. The van der Waals surface area contributed by atoms with Gasteiger partial charge >= 0.3 is 0 Å². The normalized spacial score (nSPS) is 14.5. The van der Waals surface area contributed by atoms with Crippen molar-refractivity contribution in [2.75, 3.05) is 45.4 Å². The van der Waals surface area contributed by atoms with Gasteiger partial charge in [0.15, 0.2) is 5.82 Å². The zero-order valence-electron chi connectivity index (χ0n) is 19.2. The number of aromatic nitrogens is 4. The number of anilines is 1. The molecule has 33 heavy (non-hydrogen) atoms. The number of fused-ring (bicyclic) bond motifs is 1. The summed E-state index contributed by atoms with van der Waals surface area (Å²) in [6.07, 6.45) is 6.32. The summed E-state index contributed by atoms with van der Waals surface area (Å²) < 4.78 is 18.0. The maximum Gasteiger partial charge on any atom is 0.293 e. The zero-order valence-corrected chi connectivity index (χ0v) is 19.2. The number of ether oxygens (including phenoxy) is 3. The molecule has 3 aromatic heterocycles. The maximum atomic E-state index is 13.4. The van der Waals surface area contributed by atoms with E-state index in [1.165, 1.54) is 0 Å². The molecule has 4 rings (SSSR count). The van der Waals surface area contributed by atoms with Crippen LogP contribution in [-0.4, -0.2) is 59.6 Å². The van der Waals surface area contributed by atoms with Crippen LogP contribution in [0.15, 0.2) is 35.4 Å². The van der Waals surface area contributed by atoms with E-state index in [-0.39, 0.29) is 5.56 Å². The highest BCUT2D eigenvalue weighted by molar-refractivity contribution is 5.80. The summed E-state index contributed by atoms with van der Waals surface area (Å²) >= 11 is 0. The van der Waals surface area contributed by atoms with Gasteiger partial charge in [-0.05, 0) is 37.3 Å². The van der Waals surface area contributed by atoms with Gasteiger partial charge in [-0.2, -0.15) is 0 Å². The molecule has 1 N–H and O–H groups in total. The largest absolute Gasteiger partial charge is 0.481 e. The number of nitrogens with one attached hydrogen (secondary N) is 1. The molecule has 1 saturated heterocycles. The summed E-state index contributed by atoms with van der Waals surface area (Å²) in [4.78, 5) is 26.8. The monoisotopic (exact) mass is 453 g/mol. The molecule has 0 saturated carbocycles. The lowest BCUT2D eigenvalue weighted by molar-refractivity contribution is 0.0699. The van der Waals surface area contributed by atoms with Crippen LogP contribution in [0.1, 0.15) is 26.2 Å². The predicted octanol–water partition coefficient (Wildman–Crippen LogP) is 3.13. The van der Waals surface area contributed by atoms with Crippen molar-refractivity contribution in [2.45, 2.75) is 32.7 Å². The van der Waals surface area contributed by atoms with E-state index >= 15 is 0 Å². The summed E-state index contributed by atoms with van der Waals surface area (Å²) in [5.74, 6) is 1.36. The number of nitrogens with zero attached hydrogens (tertiary/aromatic N) is 4. The molecule has 4 heterocycles. The summed E-state index contributed by atoms with van der Waals surface area (Å²) in [7, 11) is 1.58. The predicted molar refractivity (Wildman–Crippen MR) is 127 cm³/mol. The SMILES string of the molecule is CCCOCCn1c(=O)c(NCC2CCOCC2)nc2cnc(-c3ccc(OC)nc3)cc21. The van der Waals surface area contributed by atoms with Crippen LogP contribution in [0.4, 0.5) is 5.82 Å². The second-order valence-electron chi connectivity index (χ2n) is 8.11. The molecular weight excluding hydrogens is 422 g/mol. The molecule has 9 nitrogen and oxygen atoms in total. The molecule has 1 aliphatic rings. The van der Waals surface area contributed by atoms with Crippen LogP contribution in [-0.2, 0) is 16.0 Å². The molecule has 1 fully saturated rings. The van der Waals surface area contributed by atoms with Crippen molar-refractivity contribution in [2.24, 2.45) is 5.92 Å². The number of hydrogen-bond donors (Lipinski definition) is 1. The van der Waals surface area contributed by atoms with Crippen LogP contribution in [0.25, 0.3) is 22.3 Å². The molecule has 0 aliphatic carbocycles. The van der Waals surface area contributed by atoms with E-state index < -0.39 is 0 Å². The van der Waals surface area contributed by atoms with E-state index in [0.717, 1.165) is 43.6 Å². The molecule has 0 aromatic carbocycles. The van der Waals surface area contributed by atoms with E-state index in [1.807, 2.05) is 12.1 Å². The van der Waals surface area contributed by atoms with Crippen LogP contribution in [0.3, 0.4) is 0 Å². The fourth-order valence-electron chi connectivity index (χ4n) is 3.89. The Morgan fingerprint density at radius 2 is 2.03 bits per heavy atom. The average Bonchev–Trinajstić information content (AvgIpc) is 2.87. The van der Waals surface area contributed by atoms with Crippen LogP contribution >= 0.6 is 0 Å². The Hall–Kier alpha value is -3.04. The topological polar surface area (TPSA) is 100 Å². The van der Waals surface area contributed by atoms with Crippen LogP contribution in [0.5, 0.6) is 5.88 Å². The minimum Gasteiger partial charge on any atom is -0.481 e. The fourth-order valence-corrected chi connectivity index (χ4v) is 3.89. The van der Waals surface area contributed by atoms with E-state index in [4.69, 9.17) is 14.2 Å². The molecular formula is C24H31N5O4. The number of rotatable bonds is 10. The van der Waals surface area contributed by atoms with Gasteiger partial charge in [0.1, 0.15) is 5.52 Å². The second kappa shape index (κ2) is 11.2. The highest BCUT2D eigenvalue weighted by Crippen LogP contribution is 2.22. The molecule has 0 unspecified atom stereocenters. The van der Waals surface area contributed by atoms with Gasteiger partial charge in [0.25, 0.3) is 5.56 Å². The van der Waals surface area contributed by atoms with Crippen molar-refractivity contribution in [3.05, 3.63) is 40.9 Å². The Labute approximate surface area is 193 Å². The Morgan fingerprint density at radius 3 is 2.76 bits per heavy atom. The molecule has 0 amide bonds. The van der Waals surface area contributed by atoms with Crippen molar-refractivity contribution < 1.29 is 14.2 Å². The highest BCUT2D eigenvalue weighted by atomic mass is 16.5. The van der Waals surface area contributed by atoms with Gasteiger partial charge in [-0.25, -0.2) is 9.97 Å². The molecule has 3 aromatic rings. The standard InChI is InChI=1S/C24H31N5O4/c1-3-9-32-12-8-29-21-13-19(18-4-5-22(31-2)26-15-18)25-16-20(21)28-23(24(29)30)27-14-17-6-10-33-11-7-17/h4-5,13,15-17H,3,6-12,14H2,1-2H3,(H,27,28). The number of methoxy groups -OCH3 is 1. The van der Waals surface area contributed by atoms with Gasteiger partial charge < -0.3 is 24.1 Å². The van der Waals surface area contributed by atoms with Crippen molar-refractivity contribution in [1.29, 1.82) is 0 Å². The molecule has 0 spiro atoms. The van der Waals surface area contributed by atoms with Gasteiger partial charge in [-0.1, -0.05) is 6.92 Å². The van der Waals surface area contributed by atoms with E-state index in [9.17, 15) is 4.79 Å². The van der Waals surface area contributed by atoms with Crippen molar-refractivity contribution in [3.63, 3.8) is 0 Å². The van der Waals surface area contributed by atoms with E-state index in [2.05, 4.69) is 27.2 Å². The molecule has 0 atom stereocenters. The molecule has 0 bridgehead atoms. The van der Waals surface area contributed by atoms with Crippen LogP contribution in [0.2, 0.25) is 0 Å². The van der Waals surface area contributed by atoms with Crippen LogP contribution < -0.4 is 15.6 Å². The van der Waals surface area contributed by atoms with E-state index in [0.29, 0.717) is 55.1 Å². The van der Waals surface area contributed by atoms with Crippen molar-refractivity contribution in [1.82, 2.24) is 19.5 Å². The van der Waals surface area contributed by atoms with Crippen molar-refractivity contribution >= 4 is 16.9 Å². The summed E-state index contributed by atoms with van der Waals surface area (Å²) in [5, 5.41) is 3.28. The Morgan fingerprint density at radius 1 is 1.18 bits per heavy atom. The highest BCUT2D eigenvalue weighted by Gasteiger charge is 2.17. The summed E-state index contributed by atoms with van der Waals surface area (Å²) in [6.45, 7) is 5.85. The number of hydrogen-bond acceptors (Lipinski definition) is 8. The van der Waals surface area contributed by atoms with E-state index in [1.54, 1.807) is 30.1 Å². The number of pyridine rings is 2. The van der Waals surface area contributed by atoms with Gasteiger partial charge in [0, 0.05) is 50.7 Å². The average molecular weight is 454 g/mol. The smallest absolute Gasteiger partial charge is 0.293 e. The quantitative estimate of drug-likeness (QED) is 0.468. The third-order valence-corrected chi connectivity index (χ3v) is 5.78. The second-order valence-corrected chi connectivity index (χ2v) is 8.11. The first-order valence-electron chi connectivity index (χ1n) is 11.5. The lowest BCUT2D eigenvalue weighted by Crippen LogP contribution is -2.30. The zero-order chi connectivity index (χ0) is 23.0. The molecule has 176 valence electrons. The first kappa shape index (κ1) is 23.1. The molecule has 9 heteroatoms. The first-order valence-corrected chi connectivity index (χ1v) is 11.5. The molecule has 1 aliphatic heterocycles. The van der Waals surface area contributed by atoms with Crippen LogP contribution in [0, 0.1) is 5.92 Å². The van der Waals surface area contributed by atoms with Gasteiger partial charge in [-0.15, -0.1) is 0 Å². The third-order valence-electron chi connectivity index (χ3n) is 5.78. The maximum absolute atomic E-state index is 13.4. The van der Waals surface area contributed by atoms with Gasteiger partial charge in [0.05, 0.1) is 31.1 Å². The lowest BCUT2D eigenvalue weighted by atomic mass is 10.0.